The molecule has 0 aliphatic carbocycles. The molecule has 0 atom stereocenters. The van der Waals surface area contributed by atoms with Crippen LogP contribution in [0.15, 0.2) is 37.0 Å². The van der Waals surface area contributed by atoms with Crippen LogP contribution in [0.5, 0.6) is 0 Å². The van der Waals surface area contributed by atoms with Crippen molar-refractivity contribution < 1.29 is 5.11 Å². The molecular weight excluding hydrogens is 100 g/mol. The topological polar surface area (TPSA) is 20.2 Å². The van der Waals surface area contributed by atoms with Gasteiger partial charge in [-0.3, -0.25) is 0 Å². The van der Waals surface area contributed by atoms with Crippen LogP contribution in [-0.4, -0.2) is 11.7 Å². The molecule has 0 radical (unpaired) electrons. The molecule has 0 saturated carbocycles. The minimum atomic E-state index is 0.0372. The summed E-state index contributed by atoms with van der Waals surface area (Å²) >= 11 is 0. The summed E-state index contributed by atoms with van der Waals surface area (Å²) in [6, 6.07) is 0. The van der Waals surface area contributed by atoms with Crippen LogP contribution >= 0.6 is 0 Å². The number of hydrogen-bond donors (Lipinski definition) is 1. The molecule has 44 valence electrons. The molecule has 0 aliphatic rings. The third-order valence-corrected chi connectivity index (χ3v) is 0.777. The Bertz CT molecular complexity index is 112. The van der Waals surface area contributed by atoms with Crippen molar-refractivity contribution in [3.8, 4) is 0 Å². The highest BCUT2D eigenvalue weighted by Crippen LogP contribution is 1.91. The fourth-order valence-electron chi connectivity index (χ4n) is 0.337. The van der Waals surface area contributed by atoms with Gasteiger partial charge in [0.05, 0.1) is 6.61 Å². The Morgan fingerprint density at radius 2 is 2.12 bits per heavy atom. The largest absolute Gasteiger partial charge is 0.392 e. The molecule has 0 unspecified atom stereocenters. The second kappa shape index (κ2) is 4.34. The lowest BCUT2D eigenvalue weighted by molar-refractivity contribution is 0.335. The van der Waals surface area contributed by atoms with Gasteiger partial charge in [-0.05, 0) is 5.57 Å². The first kappa shape index (κ1) is 7.18. The Morgan fingerprint density at radius 3 is 2.25 bits per heavy atom. The molecule has 0 aromatic heterocycles. The Kier molecular flexibility index (Phi) is 3.90. The Balaban J connectivity index is 3.84. The average molecular weight is 110 g/mol. The molecule has 1 heteroatoms. The summed E-state index contributed by atoms with van der Waals surface area (Å²) in [4.78, 5) is 0. The molecule has 8 heavy (non-hydrogen) atoms. The van der Waals surface area contributed by atoms with Crippen LogP contribution in [0.3, 0.4) is 0 Å². The summed E-state index contributed by atoms with van der Waals surface area (Å²) in [5, 5.41) is 8.47. The van der Waals surface area contributed by atoms with E-state index in [1.165, 1.54) is 0 Å². The van der Waals surface area contributed by atoms with Crippen molar-refractivity contribution in [1.82, 2.24) is 0 Å². The van der Waals surface area contributed by atoms with Crippen molar-refractivity contribution in [2.75, 3.05) is 6.61 Å². The highest BCUT2D eigenvalue weighted by atomic mass is 16.3. The number of aliphatic hydroxyl groups is 1. The fourth-order valence-corrected chi connectivity index (χ4v) is 0.337. The predicted molar refractivity (Wildman–Crippen MR) is 35.6 cm³/mol. The summed E-state index contributed by atoms with van der Waals surface area (Å²) in [6.45, 7) is 6.97. The maximum atomic E-state index is 8.47. The minimum absolute atomic E-state index is 0.0372. The maximum Gasteiger partial charge on any atom is 0.0681 e. The van der Waals surface area contributed by atoms with Gasteiger partial charge in [0.15, 0.2) is 0 Å². The predicted octanol–water partition coefficient (Wildman–Crippen LogP) is 1.28. The summed E-state index contributed by atoms with van der Waals surface area (Å²) < 4.78 is 0. The summed E-state index contributed by atoms with van der Waals surface area (Å²) in [6.07, 6.45) is 4.93. The molecule has 0 aromatic carbocycles. The van der Waals surface area contributed by atoms with E-state index in [0.29, 0.717) is 0 Å². The van der Waals surface area contributed by atoms with Gasteiger partial charge in [0.1, 0.15) is 0 Å². The zero-order chi connectivity index (χ0) is 6.41. The van der Waals surface area contributed by atoms with Gasteiger partial charge in [-0.2, -0.15) is 0 Å². The third kappa shape index (κ3) is 2.37. The van der Waals surface area contributed by atoms with E-state index in [1.54, 1.807) is 18.2 Å². The lowest BCUT2D eigenvalue weighted by Gasteiger charge is -1.88. The first-order valence-electron chi connectivity index (χ1n) is 2.40. The normalized spacial score (nSPS) is 10.9. The van der Waals surface area contributed by atoms with Crippen LogP contribution in [0.2, 0.25) is 0 Å². The molecule has 0 aromatic rings. The van der Waals surface area contributed by atoms with Crippen molar-refractivity contribution in [3.63, 3.8) is 0 Å². The monoisotopic (exact) mass is 110 g/mol. The van der Waals surface area contributed by atoms with Crippen molar-refractivity contribution in [2.24, 2.45) is 0 Å². The maximum absolute atomic E-state index is 8.47. The zero-order valence-electron chi connectivity index (χ0n) is 4.80. The number of rotatable bonds is 3. The zero-order valence-corrected chi connectivity index (χ0v) is 4.80. The van der Waals surface area contributed by atoms with Crippen molar-refractivity contribution >= 4 is 0 Å². The van der Waals surface area contributed by atoms with Crippen molar-refractivity contribution in [2.45, 2.75) is 0 Å². The quantitative estimate of drug-likeness (QED) is 0.542. The van der Waals surface area contributed by atoms with Gasteiger partial charge >= 0.3 is 0 Å². The first-order chi connectivity index (χ1) is 3.85. The molecule has 1 nitrogen and oxygen atoms in total. The smallest absolute Gasteiger partial charge is 0.0681 e. The van der Waals surface area contributed by atoms with Gasteiger partial charge in [0.2, 0.25) is 0 Å². The van der Waals surface area contributed by atoms with Crippen LogP contribution in [0.25, 0.3) is 0 Å². The van der Waals surface area contributed by atoms with E-state index < -0.39 is 0 Å². The van der Waals surface area contributed by atoms with Gasteiger partial charge in [0.25, 0.3) is 0 Å². The lowest BCUT2D eigenvalue weighted by atomic mass is 10.2. The van der Waals surface area contributed by atoms with Crippen LogP contribution in [0.1, 0.15) is 0 Å². The van der Waals surface area contributed by atoms with E-state index in [4.69, 9.17) is 5.11 Å². The highest BCUT2D eigenvalue weighted by Gasteiger charge is 1.80. The number of allylic oxidation sites excluding steroid dienone is 2. The first-order valence-corrected chi connectivity index (χ1v) is 2.40. The number of hydrogen-bond acceptors (Lipinski definition) is 1. The molecule has 0 aliphatic heterocycles. The van der Waals surface area contributed by atoms with Gasteiger partial charge in [-0.25, -0.2) is 0 Å². The van der Waals surface area contributed by atoms with Gasteiger partial charge in [-0.1, -0.05) is 31.4 Å². The molecule has 0 rings (SSSR count). The van der Waals surface area contributed by atoms with Crippen LogP contribution in [0, 0.1) is 0 Å². The molecule has 1 N–H and O–H groups in total. The highest BCUT2D eigenvalue weighted by molar-refractivity contribution is 5.20. The van der Waals surface area contributed by atoms with E-state index in [-0.39, 0.29) is 6.61 Å². The molecule has 0 saturated heterocycles. The van der Waals surface area contributed by atoms with Gasteiger partial charge < -0.3 is 5.11 Å². The lowest BCUT2D eigenvalue weighted by Crippen LogP contribution is -1.82. The van der Waals surface area contributed by atoms with Crippen LogP contribution in [-0.2, 0) is 0 Å². The second-order valence-electron chi connectivity index (χ2n) is 1.34. The molecule has 0 spiro atoms. The second-order valence-corrected chi connectivity index (χ2v) is 1.34. The SMILES string of the molecule is C=CC=C(C=C)CO. The Morgan fingerprint density at radius 1 is 1.50 bits per heavy atom. The van der Waals surface area contributed by atoms with E-state index >= 15 is 0 Å². The van der Waals surface area contributed by atoms with Gasteiger partial charge in [-0.15, -0.1) is 0 Å². The van der Waals surface area contributed by atoms with Crippen LogP contribution in [0.4, 0.5) is 0 Å². The van der Waals surface area contributed by atoms with Crippen LogP contribution < -0.4 is 0 Å². The summed E-state index contributed by atoms with van der Waals surface area (Å²) in [5.41, 5.74) is 0.792. The fraction of sp³-hybridized carbons (Fsp3) is 0.143. The van der Waals surface area contributed by atoms with Crippen molar-refractivity contribution in [3.05, 3.63) is 37.0 Å². The van der Waals surface area contributed by atoms with E-state index in [9.17, 15) is 0 Å². The molecule has 0 bridgehead atoms. The molecule has 0 heterocycles. The van der Waals surface area contributed by atoms with Crippen molar-refractivity contribution in [1.29, 1.82) is 0 Å². The molecule has 0 amide bonds. The minimum Gasteiger partial charge on any atom is -0.392 e. The Labute approximate surface area is 49.7 Å². The Hall–Kier alpha value is -0.820. The van der Waals surface area contributed by atoms with E-state index in [0.717, 1.165) is 5.57 Å². The van der Waals surface area contributed by atoms with E-state index in [2.05, 4.69) is 13.2 Å². The summed E-state index contributed by atoms with van der Waals surface area (Å²) in [5.74, 6) is 0. The molecule has 0 fully saturated rings. The molecular formula is C7H10O. The standard InChI is InChI=1S/C7H10O/c1-3-5-7(4-2)6-8/h3-5,8H,1-2,6H2. The van der Waals surface area contributed by atoms with E-state index in [1.807, 2.05) is 0 Å². The summed E-state index contributed by atoms with van der Waals surface area (Å²) in [7, 11) is 0. The third-order valence-electron chi connectivity index (χ3n) is 0.777. The average Bonchev–Trinajstić information content (AvgIpc) is 1.83. The van der Waals surface area contributed by atoms with Gasteiger partial charge in [0, 0.05) is 0 Å². The number of aliphatic hydroxyl groups excluding tert-OH is 1.